The van der Waals surface area contributed by atoms with Crippen LogP contribution in [0, 0.1) is 0 Å². The number of hydrogen-bond donors (Lipinski definition) is 2. The second kappa shape index (κ2) is 7.01. The number of methoxy groups -OCH3 is 1. The Bertz CT molecular complexity index is 569. The SMILES string of the molecule is COC(=O)CC[C@@H](NS(=O)(=O)c1ccccc1)C(=O)O. The average molecular weight is 301 g/mol. The number of benzene rings is 1. The molecule has 0 saturated carbocycles. The van der Waals surface area contributed by atoms with E-state index < -0.39 is 28.0 Å². The Kier molecular flexibility index (Phi) is 5.66. The summed E-state index contributed by atoms with van der Waals surface area (Å²) in [6.07, 6.45) is -0.376. The third-order valence-electron chi connectivity index (χ3n) is 2.51. The minimum absolute atomic E-state index is 0.0377. The van der Waals surface area contributed by atoms with Crippen LogP contribution in [0.4, 0.5) is 0 Å². The van der Waals surface area contributed by atoms with Gasteiger partial charge in [-0.3, -0.25) is 9.59 Å². The standard InChI is InChI=1S/C12H15NO6S/c1-19-11(14)8-7-10(12(15)16)13-20(17,18)9-5-3-2-4-6-9/h2-6,10,13H,7-8H2,1H3,(H,15,16)/t10-/m1/s1. The predicted octanol–water partition coefficient (Wildman–Crippen LogP) is 0.371. The highest BCUT2D eigenvalue weighted by atomic mass is 32.2. The molecule has 110 valence electrons. The zero-order chi connectivity index (χ0) is 15.2. The van der Waals surface area contributed by atoms with Crippen LogP contribution in [0.3, 0.4) is 0 Å². The van der Waals surface area contributed by atoms with Crippen molar-refractivity contribution in [2.75, 3.05) is 7.11 Å². The van der Waals surface area contributed by atoms with E-state index in [1.165, 1.54) is 31.4 Å². The molecule has 2 N–H and O–H groups in total. The van der Waals surface area contributed by atoms with Crippen molar-refractivity contribution in [3.05, 3.63) is 30.3 Å². The van der Waals surface area contributed by atoms with Crippen LogP contribution in [-0.2, 0) is 24.3 Å². The monoisotopic (exact) mass is 301 g/mol. The van der Waals surface area contributed by atoms with Crippen molar-refractivity contribution in [2.24, 2.45) is 0 Å². The van der Waals surface area contributed by atoms with Crippen molar-refractivity contribution in [2.45, 2.75) is 23.8 Å². The molecule has 0 radical (unpaired) electrons. The van der Waals surface area contributed by atoms with Gasteiger partial charge in [-0.05, 0) is 18.6 Å². The van der Waals surface area contributed by atoms with Crippen molar-refractivity contribution in [1.29, 1.82) is 0 Å². The Morgan fingerprint density at radius 1 is 1.30 bits per heavy atom. The van der Waals surface area contributed by atoms with E-state index in [0.29, 0.717) is 0 Å². The molecule has 1 aromatic carbocycles. The predicted molar refractivity (Wildman–Crippen MR) is 69.4 cm³/mol. The molecule has 8 heteroatoms. The van der Waals surface area contributed by atoms with E-state index in [-0.39, 0.29) is 17.7 Å². The number of hydrogen-bond acceptors (Lipinski definition) is 5. The quantitative estimate of drug-likeness (QED) is 0.704. The first-order chi connectivity index (χ1) is 9.36. The Morgan fingerprint density at radius 2 is 1.90 bits per heavy atom. The maximum atomic E-state index is 12.0. The van der Waals surface area contributed by atoms with Gasteiger partial charge in [0.15, 0.2) is 0 Å². The molecule has 0 aliphatic rings. The lowest BCUT2D eigenvalue weighted by Gasteiger charge is -2.14. The van der Waals surface area contributed by atoms with Crippen LogP contribution in [0.15, 0.2) is 35.2 Å². The summed E-state index contributed by atoms with van der Waals surface area (Å²) in [7, 11) is -2.77. The smallest absolute Gasteiger partial charge is 0.321 e. The van der Waals surface area contributed by atoms with Crippen molar-refractivity contribution >= 4 is 22.0 Å². The van der Waals surface area contributed by atoms with E-state index >= 15 is 0 Å². The van der Waals surface area contributed by atoms with Crippen molar-refractivity contribution in [3.8, 4) is 0 Å². The first kappa shape index (κ1) is 16.1. The lowest BCUT2D eigenvalue weighted by atomic mass is 10.2. The van der Waals surface area contributed by atoms with Crippen LogP contribution in [0.1, 0.15) is 12.8 Å². The fraction of sp³-hybridized carbons (Fsp3) is 0.333. The number of ether oxygens (including phenoxy) is 1. The summed E-state index contributed by atoms with van der Waals surface area (Å²) < 4.78 is 30.4. The first-order valence-corrected chi connectivity index (χ1v) is 7.22. The van der Waals surface area contributed by atoms with Gasteiger partial charge in [0.05, 0.1) is 12.0 Å². The highest BCUT2D eigenvalue weighted by Crippen LogP contribution is 2.10. The molecule has 1 aromatic rings. The highest BCUT2D eigenvalue weighted by Gasteiger charge is 2.25. The van der Waals surface area contributed by atoms with E-state index in [1.54, 1.807) is 6.07 Å². The molecule has 0 saturated heterocycles. The molecule has 20 heavy (non-hydrogen) atoms. The molecule has 0 fully saturated rings. The third kappa shape index (κ3) is 4.63. The number of carboxylic acids is 1. The maximum Gasteiger partial charge on any atom is 0.321 e. The van der Waals surface area contributed by atoms with E-state index in [0.717, 1.165) is 0 Å². The van der Waals surface area contributed by atoms with Crippen LogP contribution in [0.25, 0.3) is 0 Å². The maximum absolute atomic E-state index is 12.0. The number of rotatable bonds is 7. The number of sulfonamides is 1. The Balaban J connectivity index is 2.80. The van der Waals surface area contributed by atoms with Crippen LogP contribution < -0.4 is 4.72 Å². The summed E-state index contributed by atoms with van der Waals surface area (Å²) in [6, 6.07) is 6.00. The second-order valence-electron chi connectivity index (χ2n) is 3.94. The van der Waals surface area contributed by atoms with Crippen LogP contribution in [-0.4, -0.2) is 38.6 Å². The topological polar surface area (TPSA) is 110 Å². The number of nitrogens with one attached hydrogen (secondary N) is 1. The van der Waals surface area contributed by atoms with Crippen LogP contribution in [0.5, 0.6) is 0 Å². The van der Waals surface area contributed by atoms with Gasteiger partial charge < -0.3 is 9.84 Å². The number of carboxylic acid groups (broad SMARTS) is 1. The minimum Gasteiger partial charge on any atom is -0.480 e. The summed E-state index contributed by atoms with van der Waals surface area (Å²) in [5, 5.41) is 8.99. The molecule has 0 spiro atoms. The van der Waals surface area contributed by atoms with Crippen molar-refractivity contribution in [1.82, 2.24) is 4.72 Å². The van der Waals surface area contributed by atoms with Crippen molar-refractivity contribution < 1.29 is 27.9 Å². The average Bonchev–Trinajstić information content (AvgIpc) is 2.43. The summed E-state index contributed by atoms with van der Waals surface area (Å²) in [4.78, 5) is 22.0. The van der Waals surface area contributed by atoms with E-state index in [2.05, 4.69) is 9.46 Å². The fourth-order valence-corrected chi connectivity index (χ4v) is 2.70. The van der Waals surface area contributed by atoms with E-state index in [1.807, 2.05) is 0 Å². The lowest BCUT2D eigenvalue weighted by molar-refractivity contribution is -0.142. The zero-order valence-electron chi connectivity index (χ0n) is 10.8. The summed E-state index contributed by atoms with van der Waals surface area (Å²) in [5.74, 6) is -1.96. The Hall–Kier alpha value is -1.93. The van der Waals surface area contributed by atoms with Crippen LogP contribution >= 0.6 is 0 Å². The molecule has 1 atom stereocenters. The summed E-state index contributed by atoms with van der Waals surface area (Å²) in [6.45, 7) is 0. The van der Waals surface area contributed by atoms with Crippen LogP contribution in [0.2, 0.25) is 0 Å². The largest absolute Gasteiger partial charge is 0.480 e. The number of esters is 1. The Morgan fingerprint density at radius 3 is 2.40 bits per heavy atom. The molecule has 0 unspecified atom stereocenters. The number of aliphatic carboxylic acids is 1. The van der Waals surface area contributed by atoms with Gasteiger partial charge in [0.2, 0.25) is 10.0 Å². The first-order valence-electron chi connectivity index (χ1n) is 5.74. The fourth-order valence-electron chi connectivity index (χ4n) is 1.45. The number of carbonyl (C=O) groups is 2. The molecular weight excluding hydrogens is 286 g/mol. The minimum atomic E-state index is -3.94. The van der Waals surface area contributed by atoms with Gasteiger partial charge in [-0.1, -0.05) is 18.2 Å². The molecule has 0 aliphatic heterocycles. The van der Waals surface area contributed by atoms with Gasteiger partial charge in [0.25, 0.3) is 0 Å². The van der Waals surface area contributed by atoms with Crippen molar-refractivity contribution in [3.63, 3.8) is 0 Å². The van der Waals surface area contributed by atoms with Gasteiger partial charge in [-0.25, -0.2) is 8.42 Å². The highest BCUT2D eigenvalue weighted by molar-refractivity contribution is 7.89. The van der Waals surface area contributed by atoms with Gasteiger partial charge in [-0.15, -0.1) is 0 Å². The van der Waals surface area contributed by atoms with Gasteiger partial charge in [0.1, 0.15) is 6.04 Å². The van der Waals surface area contributed by atoms with Gasteiger partial charge in [0, 0.05) is 6.42 Å². The second-order valence-corrected chi connectivity index (χ2v) is 5.65. The summed E-state index contributed by atoms with van der Waals surface area (Å²) >= 11 is 0. The molecule has 0 aliphatic carbocycles. The zero-order valence-corrected chi connectivity index (χ0v) is 11.6. The molecule has 1 rings (SSSR count). The molecule has 0 amide bonds. The molecule has 0 bridgehead atoms. The molecule has 7 nitrogen and oxygen atoms in total. The van der Waals surface area contributed by atoms with Gasteiger partial charge in [-0.2, -0.15) is 4.72 Å². The third-order valence-corrected chi connectivity index (χ3v) is 4.00. The molecule has 0 aromatic heterocycles. The molecule has 0 heterocycles. The lowest BCUT2D eigenvalue weighted by Crippen LogP contribution is -2.41. The normalized spacial score (nSPS) is 12.7. The Labute approximate surface area is 116 Å². The van der Waals surface area contributed by atoms with E-state index in [9.17, 15) is 18.0 Å². The van der Waals surface area contributed by atoms with Gasteiger partial charge >= 0.3 is 11.9 Å². The number of carbonyl (C=O) groups excluding carboxylic acids is 1. The van der Waals surface area contributed by atoms with E-state index in [4.69, 9.17) is 5.11 Å². The summed E-state index contributed by atoms with van der Waals surface area (Å²) in [5.41, 5.74) is 0. The molecular formula is C12H15NO6S.